The van der Waals surface area contributed by atoms with Gasteiger partial charge >= 0.3 is 0 Å². The molecule has 4 nitrogen and oxygen atoms in total. The molecule has 1 N–H and O–H groups in total. The van der Waals surface area contributed by atoms with E-state index >= 15 is 0 Å². The second kappa shape index (κ2) is 5.02. The van der Waals surface area contributed by atoms with Crippen molar-refractivity contribution in [2.24, 2.45) is 0 Å². The molecule has 0 unspecified atom stereocenters. The van der Waals surface area contributed by atoms with Gasteiger partial charge in [0.25, 0.3) is 5.89 Å². The number of aromatic nitrogens is 2. The zero-order chi connectivity index (χ0) is 14.2. The fraction of sp³-hybridized carbons (Fsp3) is 0.500. The molecular formula is C16H21N3O. The predicted octanol–water partition coefficient (Wildman–Crippen LogP) is 2.72. The molecule has 0 spiro atoms. The second-order valence-electron chi connectivity index (χ2n) is 6.41. The van der Waals surface area contributed by atoms with Gasteiger partial charge in [0.2, 0.25) is 0 Å². The molecule has 0 saturated carbocycles. The van der Waals surface area contributed by atoms with E-state index in [1.165, 1.54) is 11.1 Å². The molecule has 0 saturated heterocycles. The molecule has 2 heterocycles. The van der Waals surface area contributed by atoms with Gasteiger partial charge in [0, 0.05) is 11.0 Å². The first-order chi connectivity index (χ1) is 9.54. The van der Waals surface area contributed by atoms with E-state index in [0.717, 1.165) is 37.3 Å². The SMILES string of the molecule is CC(C)(C)c1noc(-c2ccc3c(c2)CCNCC3)n1. The van der Waals surface area contributed by atoms with Gasteiger partial charge in [-0.2, -0.15) is 4.98 Å². The van der Waals surface area contributed by atoms with Crippen LogP contribution in [0.5, 0.6) is 0 Å². The molecule has 106 valence electrons. The largest absolute Gasteiger partial charge is 0.334 e. The topological polar surface area (TPSA) is 51.0 Å². The lowest BCUT2D eigenvalue weighted by Crippen LogP contribution is -2.16. The molecule has 1 aliphatic heterocycles. The molecule has 0 radical (unpaired) electrons. The van der Waals surface area contributed by atoms with E-state index in [-0.39, 0.29) is 5.41 Å². The molecule has 1 aromatic carbocycles. The van der Waals surface area contributed by atoms with Crippen LogP contribution in [0.15, 0.2) is 22.7 Å². The Hall–Kier alpha value is -1.68. The van der Waals surface area contributed by atoms with Crippen LogP contribution in [-0.4, -0.2) is 23.2 Å². The third-order valence-corrected chi connectivity index (χ3v) is 3.69. The van der Waals surface area contributed by atoms with Crippen molar-refractivity contribution in [2.75, 3.05) is 13.1 Å². The van der Waals surface area contributed by atoms with Gasteiger partial charge in [-0.25, -0.2) is 0 Å². The smallest absolute Gasteiger partial charge is 0.257 e. The highest BCUT2D eigenvalue weighted by Crippen LogP contribution is 2.26. The van der Waals surface area contributed by atoms with Crippen LogP contribution in [0, 0.1) is 0 Å². The maximum absolute atomic E-state index is 5.42. The van der Waals surface area contributed by atoms with E-state index in [1.54, 1.807) is 0 Å². The summed E-state index contributed by atoms with van der Waals surface area (Å²) in [5, 5.41) is 7.52. The van der Waals surface area contributed by atoms with Crippen molar-refractivity contribution in [1.29, 1.82) is 0 Å². The monoisotopic (exact) mass is 271 g/mol. The zero-order valence-electron chi connectivity index (χ0n) is 12.4. The summed E-state index contributed by atoms with van der Waals surface area (Å²) in [5.41, 5.74) is 3.75. The summed E-state index contributed by atoms with van der Waals surface area (Å²) < 4.78 is 5.42. The van der Waals surface area contributed by atoms with Gasteiger partial charge < -0.3 is 9.84 Å². The Morgan fingerprint density at radius 3 is 2.55 bits per heavy atom. The Labute approximate surface area is 119 Å². The normalized spacial score (nSPS) is 15.8. The van der Waals surface area contributed by atoms with E-state index in [0.29, 0.717) is 5.89 Å². The van der Waals surface area contributed by atoms with Gasteiger partial charge in [0.05, 0.1) is 0 Å². The summed E-state index contributed by atoms with van der Waals surface area (Å²) in [6.45, 7) is 8.35. The number of fused-ring (bicyclic) bond motifs is 1. The standard InChI is InChI=1S/C16H21N3O/c1-16(2,3)15-18-14(20-19-15)13-5-4-11-6-8-17-9-7-12(11)10-13/h4-5,10,17H,6-9H2,1-3H3. The molecule has 4 heteroatoms. The molecule has 0 aliphatic carbocycles. The second-order valence-corrected chi connectivity index (χ2v) is 6.41. The number of hydrogen-bond acceptors (Lipinski definition) is 4. The van der Waals surface area contributed by atoms with Crippen molar-refractivity contribution >= 4 is 0 Å². The average molecular weight is 271 g/mol. The number of nitrogens with one attached hydrogen (secondary N) is 1. The highest BCUT2D eigenvalue weighted by atomic mass is 16.5. The van der Waals surface area contributed by atoms with Crippen LogP contribution in [0.25, 0.3) is 11.5 Å². The van der Waals surface area contributed by atoms with Crippen molar-refractivity contribution in [1.82, 2.24) is 15.5 Å². The first-order valence-electron chi connectivity index (χ1n) is 7.21. The summed E-state index contributed by atoms with van der Waals surface area (Å²) in [4.78, 5) is 4.53. The molecule has 2 aromatic rings. The van der Waals surface area contributed by atoms with Crippen LogP contribution < -0.4 is 5.32 Å². The molecule has 0 amide bonds. The molecule has 0 fully saturated rings. The minimum Gasteiger partial charge on any atom is -0.334 e. The lowest BCUT2D eigenvalue weighted by Gasteiger charge is -2.11. The lowest BCUT2D eigenvalue weighted by atomic mass is 9.96. The van der Waals surface area contributed by atoms with E-state index in [1.807, 2.05) is 0 Å². The number of hydrogen-bond donors (Lipinski definition) is 1. The summed E-state index contributed by atoms with van der Waals surface area (Å²) in [6.07, 6.45) is 2.15. The molecule has 0 bridgehead atoms. The molecule has 20 heavy (non-hydrogen) atoms. The van der Waals surface area contributed by atoms with Crippen LogP contribution >= 0.6 is 0 Å². The number of nitrogens with zero attached hydrogens (tertiary/aromatic N) is 2. The Balaban J connectivity index is 1.94. The van der Waals surface area contributed by atoms with Crippen LogP contribution in [-0.2, 0) is 18.3 Å². The fourth-order valence-corrected chi connectivity index (χ4v) is 2.45. The van der Waals surface area contributed by atoms with Gasteiger partial charge in [-0.1, -0.05) is 32.0 Å². The van der Waals surface area contributed by atoms with Gasteiger partial charge in [-0.05, 0) is 49.2 Å². The van der Waals surface area contributed by atoms with Crippen molar-refractivity contribution in [3.8, 4) is 11.5 Å². The Bertz CT molecular complexity index is 610. The average Bonchev–Trinajstić information content (AvgIpc) is 2.78. The summed E-state index contributed by atoms with van der Waals surface area (Å²) in [5.74, 6) is 1.37. The van der Waals surface area contributed by atoms with Gasteiger partial charge in [-0.15, -0.1) is 0 Å². The van der Waals surface area contributed by atoms with Gasteiger partial charge in [0.15, 0.2) is 5.82 Å². The van der Waals surface area contributed by atoms with Crippen LogP contribution in [0.2, 0.25) is 0 Å². The third kappa shape index (κ3) is 2.61. The molecule has 1 aliphatic rings. The lowest BCUT2D eigenvalue weighted by molar-refractivity contribution is 0.402. The van der Waals surface area contributed by atoms with Crippen molar-refractivity contribution < 1.29 is 4.52 Å². The highest BCUT2D eigenvalue weighted by molar-refractivity contribution is 5.56. The van der Waals surface area contributed by atoms with Crippen molar-refractivity contribution in [2.45, 2.75) is 39.0 Å². The summed E-state index contributed by atoms with van der Waals surface area (Å²) in [7, 11) is 0. The molecule has 1 aromatic heterocycles. The maximum Gasteiger partial charge on any atom is 0.257 e. The van der Waals surface area contributed by atoms with Crippen LogP contribution in [0.4, 0.5) is 0 Å². The van der Waals surface area contributed by atoms with E-state index in [2.05, 4.69) is 54.4 Å². The van der Waals surface area contributed by atoms with E-state index < -0.39 is 0 Å². The van der Waals surface area contributed by atoms with Crippen LogP contribution in [0.3, 0.4) is 0 Å². The molecule has 3 rings (SSSR count). The molecule has 0 atom stereocenters. The summed E-state index contributed by atoms with van der Waals surface area (Å²) in [6, 6.07) is 6.48. The van der Waals surface area contributed by atoms with Gasteiger partial charge in [-0.3, -0.25) is 0 Å². The van der Waals surface area contributed by atoms with E-state index in [9.17, 15) is 0 Å². The highest BCUT2D eigenvalue weighted by Gasteiger charge is 2.21. The Morgan fingerprint density at radius 1 is 1.10 bits per heavy atom. The first kappa shape index (κ1) is 13.3. The number of rotatable bonds is 1. The Morgan fingerprint density at radius 2 is 1.85 bits per heavy atom. The van der Waals surface area contributed by atoms with Crippen molar-refractivity contribution in [3.63, 3.8) is 0 Å². The zero-order valence-corrected chi connectivity index (χ0v) is 12.4. The molecular weight excluding hydrogens is 250 g/mol. The van der Waals surface area contributed by atoms with E-state index in [4.69, 9.17) is 4.52 Å². The third-order valence-electron chi connectivity index (χ3n) is 3.69. The van der Waals surface area contributed by atoms with Crippen LogP contribution in [0.1, 0.15) is 37.7 Å². The minimum atomic E-state index is -0.0860. The predicted molar refractivity (Wildman–Crippen MR) is 78.7 cm³/mol. The maximum atomic E-state index is 5.42. The first-order valence-corrected chi connectivity index (χ1v) is 7.21. The van der Waals surface area contributed by atoms with Crippen molar-refractivity contribution in [3.05, 3.63) is 35.2 Å². The van der Waals surface area contributed by atoms with Gasteiger partial charge in [0.1, 0.15) is 0 Å². The summed E-state index contributed by atoms with van der Waals surface area (Å²) >= 11 is 0. The quantitative estimate of drug-likeness (QED) is 0.866. The fourth-order valence-electron chi connectivity index (χ4n) is 2.45. The minimum absolute atomic E-state index is 0.0860. The Kier molecular flexibility index (Phi) is 3.34. The number of benzene rings is 1.